The normalized spacial score (nSPS) is 12.9. The van der Waals surface area contributed by atoms with E-state index in [1.165, 1.54) is 0 Å². The number of aromatic nitrogens is 4. The van der Waals surface area contributed by atoms with E-state index in [0.717, 1.165) is 22.2 Å². The topological polar surface area (TPSA) is 73.6 Å². The van der Waals surface area contributed by atoms with E-state index in [1.807, 2.05) is 36.4 Å². The molecule has 1 aliphatic rings. The average Bonchev–Trinajstić information content (AvgIpc) is 3.26. The number of nitrogens with zero attached hydrogens (tertiary/aromatic N) is 4. The number of nitrogens with one attached hydrogen (secondary N) is 1. The first-order valence-corrected chi connectivity index (χ1v) is 8.05. The molecule has 1 aliphatic heterocycles. The predicted molar refractivity (Wildman–Crippen MR) is 94.4 cm³/mol. The second kappa shape index (κ2) is 5.22. The number of benzene rings is 2. The van der Waals surface area contributed by atoms with E-state index in [-0.39, 0.29) is 6.79 Å². The molecular weight excluding hydrogens is 342 g/mol. The number of rotatable bonds is 2. The van der Waals surface area contributed by atoms with Crippen molar-refractivity contribution in [2.75, 3.05) is 19.2 Å². The summed E-state index contributed by atoms with van der Waals surface area (Å²) in [5.41, 5.74) is 2.25. The number of hydrogen-bond acceptors (Lipinski definition) is 6. The highest BCUT2D eigenvalue weighted by Gasteiger charge is 2.19. The van der Waals surface area contributed by atoms with Crippen molar-refractivity contribution in [3.05, 3.63) is 41.4 Å². The van der Waals surface area contributed by atoms with Crippen LogP contribution in [0, 0.1) is 0 Å². The van der Waals surface area contributed by atoms with Gasteiger partial charge in [-0.25, -0.2) is 4.98 Å². The van der Waals surface area contributed by atoms with Crippen LogP contribution < -0.4 is 14.8 Å². The van der Waals surface area contributed by atoms with Gasteiger partial charge in [0.05, 0.1) is 15.9 Å². The molecule has 2 aromatic heterocycles. The smallest absolute Gasteiger partial charge is 0.242 e. The van der Waals surface area contributed by atoms with E-state index in [1.54, 1.807) is 11.6 Å². The van der Waals surface area contributed by atoms with E-state index in [4.69, 9.17) is 26.1 Å². The summed E-state index contributed by atoms with van der Waals surface area (Å²) in [6.45, 7) is 0.224. The van der Waals surface area contributed by atoms with Gasteiger partial charge in [-0.05, 0) is 30.3 Å². The number of ether oxygens (including phenoxy) is 2. The molecule has 4 aromatic rings. The Balaban J connectivity index is 1.86. The van der Waals surface area contributed by atoms with E-state index in [2.05, 4.69) is 15.4 Å². The Bertz CT molecular complexity index is 1140. The van der Waals surface area contributed by atoms with Crippen molar-refractivity contribution in [2.24, 2.45) is 0 Å². The van der Waals surface area contributed by atoms with Crippen molar-refractivity contribution in [2.45, 2.75) is 0 Å². The number of fused-ring (bicyclic) bond motifs is 4. The molecule has 0 unspecified atom stereocenters. The summed E-state index contributed by atoms with van der Waals surface area (Å²) in [6.07, 6.45) is 0. The van der Waals surface area contributed by atoms with Gasteiger partial charge < -0.3 is 14.8 Å². The maximum Gasteiger partial charge on any atom is 0.242 e. The fraction of sp³-hybridized carbons (Fsp3) is 0.118. The van der Waals surface area contributed by atoms with Crippen LogP contribution >= 0.6 is 11.6 Å². The lowest BCUT2D eigenvalue weighted by molar-refractivity contribution is 0.174. The highest BCUT2D eigenvalue weighted by atomic mass is 35.5. The Morgan fingerprint density at radius 3 is 2.88 bits per heavy atom. The van der Waals surface area contributed by atoms with Crippen molar-refractivity contribution in [1.29, 1.82) is 0 Å². The molecule has 1 N–H and O–H groups in total. The van der Waals surface area contributed by atoms with Gasteiger partial charge in [-0.2, -0.15) is 9.50 Å². The van der Waals surface area contributed by atoms with Crippen LogP contribution in [0.2, 0.25) is 5.02 Å². The van der Waals surface area contributed by atoms with Crippen molar-refractivity contribution < 1.29 is 9.47 Å². The maximum atomic E-state index is 6.39. The lowest BCUT2D eigenvalue weighted by Gasteiger charge is -2.08. The van der Waals surface area contributed by atoms with Gasteiger partial charge in [0.15, 0.2) is 23.0 Å². The summed E-state index contributed by atoms with van der Waals surface area (Å²) < 4.78 is 12.5. The third-order valence-electron chi connectivity index (χ3n) is 4.10. The zero-order valence-corrected chi connectivity index (χ0v) is 13.9. The average molecular weight is 354 g/mol. The maximum absolute atomic E-state index is 6.39. The number of anilines is 1. The quantitative estimate of drug-likeness (QED) is 0.595. The Morgan fingerprint density at radius 1 is 1.12 bits per heavy atom. The Hall–Kier alpha value is -3.06. The molecule has 0 radical (unpaired) electrons. The first-order valence-electron chi connectivity index (χ1n) is 7.67. The third-order valence-corrected chi connectivity index (χ3v) is 4.42. The number of halogens is 1. The van der Waals surface area contributed by atoms with Crippen LogP contribution in [-0.2, 0) is 0 Å². The van der Waals surface area contributed by atoms with Gasteiger partial charge in [0.2, 0.25) is 12.7 Å². The highest BCUT2D eigenvalue weighted by Crippen LogP contribution is 2.36. The summed E-state index contributed by atoms with van der Waals surface area (Å²) in [5.74, 6) is 2.55. The zero-order valence-electron chi connectivity index (χ0n) is 13.2. The van der Waals surface area contributed by atoms with Crippen molar-refractivity contribution in [3.63, 3.8) is 0 Å². The molecule has 7 nitrogen and oxygen atoms in total. The fourth-order valence-electron chi connectivity index (χ4n) is 2.94. The molecule has 5 rings (SSSR count). The molecule has 0 saturated heterocycles. The van der Waals surface area contributed by atoms with Gasteiger partial charge in [-0.1, -0.05) is 17.7 Å². The second-order valence-corrected chi connectivity index (χ2v) is 5.97. The molecule has 0 amide bonds. The van der Waals surface area contributed by atoms with Crippen LogP contribution in [0.5, 0.6) is 11.5 Å². The third kappa shape index (κ3) is 2.09. The zero-order chi connectivity index (χ0) is 17.0. The van der Waals surface area contributed by atoms with Crippen LogP contribution in [0.1, 0.15) is 0 Å². The molecule has 0 spiro atoms. The van der Waals surface area contributed by atoms with Crippen LogP contribution in [0.4, 0.5) is 5.95 Å². The van der Waals surface area contributed by atoms with Gasteiger partial charge in [0, 0.05) is 12.6 Å². The van der Waals surface area contributed by atoms with E-state index < -0.39 is 0 Å². The van der Waals surface area contributed by atoms with Gasteiger partial charge >= 0.3 is 0 Å². The van der Waals surface area contributed by atoms with Crippen LogP contribution in [0.15, 0.2) is 36.4 Å². The summed E-state index contributed by atoms with van der Waals surface area (Å²) in [6, 6.07) is 11.3. The van der Waals surface area contributed by atoms with Crippen molar-refractivity contribution in [3.8, 4) is 22.9 Å². The van der Waals surface area contributed by atoms with Crippen LogP contribution in [0.3, 0.4) is 0 Å². The van der Waals surface area contributed by atoms with E-state index in [0.29, 0.717) is 28.2 Å². The second-order valence-electron chi connectivity index (χ2n) is 5.56. The van der Waals surface area contributed by atoms with Crippen LogP contribution in [0.25, 0.3) is 27.9 Å². The Morgan fingerprint density at radius 2 is 2.00 bits per heavy atom. The van der Waals surface area contributed by atoms with Gasteiger partial charge in [-0.15, -0.1) is 5.10 Å². The molecule has 2 aromatic carbocycles. The fourth-order valence-corrected chi connectivity index (χ4v) is 3.19. The van der Waals surface area contributed by atoms with Crippen molar-refractivity contribution in [1.82, 2.24) is 19.6 Å². The molecule has 0 saturated carbocycles. The molecule has 124 valence electrons. The molecule has 0 aliphatic carbocycles. The predicted octanol–water partition coefficient (Wildman–Crippen LogP) is 3.37. The summed E-state index contributed by atoms with van der Waals surface area (Å²) >= 11 is 6.39. The highest BCUT2D eigenvalue weighted by molar-refractivity contribution is 6.36. The Kier molecular flexibility index (Phi) is 2.98. The number of hydrogen-bond donors (Lipinski definition) is 1. The molecule has 3 heterocycles. The Labute approximate surface area is 147 Å². The first kappa shape index (κ1) is 14.3. The molecule has 0 bridgehead atoms. The summed E-state index contributed by atoms with van der Waals surface area (Å²) in [7, 11) is 1.77. The first-order chi connectivity index (χ1) is 12.2. The molecule has 0 atom stereocenters. The standard InChI is InChI=1S/C17H12ClN5O2/c1-19-17-21-16-14-10(18)3-2-4-11(14)20-15(23(16)22-17)9-5-6-12-13(7-9)25-8-24-12/h2-7H,8H2,1H3,(H,19,22). The SMILES string of the molecule is CNc1nc2c3c(Cl)cccc3nc(-c3ccc4c(c3)OCO4)n2n1. The van der Waals surface area contributed by atoms with Crippen molar-refractivity contribution >= 4 is 34.1 Å². The molecular formula is C17H12ClN5O2. The molecule has 0 fully saturated rings. The van der Waals surface area contributed by atoms with Crippen LogP contribution in [-0.4, -0.2) is 33.4 Å². The molecule has 25 heavy (non-hydrogen) atoms. The lowest BCUT2D eigenvalue weighted by Crippen LogP contribution is -2.00. The monoisotopic (exact) mass is 353 g/mol. The van der Waals surface area contributed by atoms with E-state index in [9.17, 15) is 0 Å². The molecule has 8 heteroatoms. The minimum atomic E-state index is 0.224. The largest absolute Gasteiger partial charge is 0.454 e. The minimum absolute atomic E-state index is 0.224. The lowest BCUT2D eigenvalue weighted by atomic mass is 10.1. The summed E-state index contributed by atoms with van der Waals surface area (Å²) in [4.78, 5) is 9.30. The van der Waals surface area contributed by atoms with E-state index >= 15 is 0 Å². The minimum Gasteiger partial charge on any atom is -0.454 e. The van der Waals surface area contributed by atoms with Gasteiger partial charge in [-0.3, -0.25) is 0 Å². The van der Waals surface area contributed by atoms with Gasteiger partial charge in [0.1, 0.15) is 0 Å². The summed E-state index contributed by atoms with van der Waals surface area (Å²) in [5, 5.41) is 8.81. The van der Waals surface area contributed by atoms with Gasteiger partial charge in [0.25, 0.3) is 0 Å².